The number of benzene rings is 2. The lowest BCUT2D eigenvalue weighted by Crippen LogP contribution is -2.49. The molecule has 1 amide bonds. The summed E-state index contributed by atoms with van der Waals surface area (Å²) in [6, 6.07) is 14.6. The molecule has 168 valence electrons. The van der Waals surface area contributed by atoms with Crippen LogP contribution in [0.25, 0.3) is 16.7 Å². The summed E-state index contributed by atoms with van der Waals surface area (Å²) in [5, 5.41) is 12.7. The molecule has 10 heteroatoms. The van der Waals surface area contributed by atoms with Crippen molar-refractivity contribution in [3.63, 3.8) is 0 Å². The molecule has 0 radical (unpaired) electrons. The average Bonchev–Trinajstić information content (AvgIpc) is 3.28. The number of rotatable bonds is 4. The molecule has 0 N–H and O–H groups in total. The Labute approximate surface area is 194 Å². The molecule has 0 aliphatic carbocycles. The second-order valence-electron chi connectivity index (χ2n) is 7.78. The number of halogens is 1. The van der Waals surface area contributed by atoms with E-state index in [2.05, 4.69) is 15.4 Å². The van der Waals surface area contributed by atoms with Crippen LogP contribution in [0.3, 0.4) is 0 Å². The van der Waals surface area contributed by atoms with E-state index in [1.165, 1.54) is 4.68 Å². The molecule has 0 unspecified atom stereocenters. The van der Waals surface area contributed by atoms with Crippen LogP contribution in [0.1, 0.15) is 17.3 Å². The van der Waals surface area contributed by atoms with Crippen LogP contribution in [-0.4, -0.2) is 61.8 Å². The Kier molecular flexibility index (Phi) is 5.55. The van der Waals surface area contributed by atoms with Gasteiger partial charge in [0, 0.05) is 38.3 Å². The highest BCUT2D eigenvalue weighted by atomic mass is 35.5. The van der Waals surface area contributed by atoms with Gasteiger partial charge in [0.05, 0.1) is 23.1 Å². The van der Waals surface area contributed by atoms with E-state index in [1.54, 1.807) is 34.0 Å². The number of fused-ring (bicyclic) bond motifs is 1. The summed E-state index contributed by atoms with van der Waals surface area (Å²) in [4.78, 5) is 29.6. The van der Waals surface area contributed by atoms with Gasteiger partial charge < -0.3 is 9.80 Å². The van der Waals surface area contributed by atoms with Gasteiger partial charge in [-0.05, 0) is 37.3 Å². The molecule has 4 aromatic rings. The highest BCUT2D eigenvalue weighted by Crippen LogP contribution is 2.24. The number of amides is 1. The van der Waals surface area contributed by atoms with Gasteiger partial charge in [-0.1, -0.05) is 35.0 Å². The van der Waals surface area contributed by atoms with E-state index in [4.69, 9.17) is 11.6 Å². The van der Waals surface area contributed by atoms with E-state index >= 15 is 0 Å². The minimum absolute atomic E-state index is 0.0497. The predicted octanol–water partition coefficient (Wildman–Crippen LogP) is 2.61. The average molecular weight is 464 g/mol. The van der Waals surface area contributed by atoms with Crippen molar-refractivity contribution in [1.82, 2.24) is 29.7 Å². The smallest absolute Gasteiger partial charge is 0.292 e. The molecule has 0 spiro atoms. The summed E-state index contributed by atoms with van der Waals surface area (Å²) in [6.45, 7) is 4.84. The number of anilines is 1. The Hall–Kier alpha value is -3.72. The van der Waals surface area contributed by atoms with Crippen LogP contribution in [0.5, 0.6) is 0 Å². The van der Waals surface area contributed by atoms with Gasteiger partial charge in [-0.25, -0.2) is 4.68 Å². The van der Waals surface area contributed by atoms with Gasteiger partial charge in [-0.15, -0.1) is 5.10 Å². The molecule has 5 rings (SSSR count). The van der Waals surface area contributed by atoms with Crippen LogP contribution in [0.4, 0.5) is 5.69 Å². The number of carbonyl (C=O) groups excluding carboxylic acids is 1. The molecule has 1 saturated heterocycles. The number of carbonyl (C=O) groups is 1. The van der Waals surface area contributed by atoms with Crippen LogP contribution in [-0.2, 0) is 6.54 Å². The fourth-order valence-corrected chi connectivity index (χ4v) is 4.32. The Balaban J connectivity index is 1.30. The number of piperazine rings is 1. The summed E-state index contributed by atoms with van der Waals surface area (Å²) in [5.74, 6) is -0.0497. The van der Waals surface area contributed by atoms with Crippen molar-refractivity contribution in [3.8, 4) is 5.69 Å². The van der Waals surface area contributed by atoms with E-state index in [0.29, 0.717) is 48.6 Å². The largest absolute Gasteiger partial charge is 0.365 e. The third-order valence-electron chi connectivity index (χ3n) is 5.87. The predicted molar refractivity (Wildman–Crippen MR) is 126 cm³/mol. The highest BCUT2D eigenvalue weighted by Gasteiger charge is 2.25. The molecule has 0 bridgehead atoms. The standard InChI is InChI=1S/C23H22ClN7O2/c1-2-30-19-9-8-16(14-18(19)26-27-30)22(32)29-12-10-28(11-13-29)20-15-25-31(23(33)21(20)24)17-6-4-3-5-7-17/h3-9,14-15H,2,10-13H2,1H3. The zero-order valence-electron chi connectivity index (χ0n) is 18.1. The third kappa shape index (κ3) is 3.84. The van der Waals surface area contributed by atoms with Crippen LogP contribution in [0.15, 0.2) is 59.5 Å². The lowest BCUT2D eigenvalue weighted by molar-refractivity contribution is 0.0747. The number of hydrogen-bond donors (Lipinski definition) is 0. The molecular formula is C23H22ClN7O2. The zero-order valence-corrected chi connectivity index (χ0v) is 18.8. The Morgan fingerprint density at radius 3 is 2.55 bits per heavy atom. The third-order valence-corrected chi connectivity index (χ3v) is 6.22. The molecule has 1 aliphatic heterocycles. The minimum Gasteiger partial charge on any atom is -0.365 e. The van der Waals surface area contributed by atoms with Gasteiger partial charge in [0.1, 0.15) is 10.5 Å². The Morgan fingerprint density at radius 1 is 1.06 bits per heavy atom. The van der Waals surface area contributed by atoms with Crippen LogP contribution in [0.2, 0.25) is 5.02 Å². The summed E-state index contributed by atoms with van der Waals surface area (Å²) in [5.41, 5.74) is 3.07. The minimum atomic E-state index is -0.368. The molecular weight excluding hydrogens is 442 g/mol. The van der Waals surface area contributed by atoms with E-state index in [-0.39, 0.29) is 16.5 Å². The molecule has 2 aromatic heterocycles. The van der Waals surface area contributed by atoms with E-state index < -0.39 is 0 Å². The maximum atomic E-state index is 13.0. The topological polar surface area (TPSA) is 89.2 Å². The number of para-hydroxylation sites is 1. The Morgan fingerprint density at radius 2 is 1.82 bits per heavy atom. The molecule has 0 saturated carbocycles. The first-order chi connectivity index (χ1) is 16.1. The lowest BCUT2D eigenvalue weighted by Gasteiger charge is -2.36. The molecule has 0 atom stereocenters. The number of nitrogens with zero attached hydrogens (tertiary/aromatic N) is 7. The number of aryl methyl sites for hydroxylation is 1. The van der Waals surface area contributed by atoms with Crippen molar-refractivity contribution in [2.45, 2.75) is 13.5 Å². The lowest BCUT2D eigenvalue weighted by atomic mass is 10.1. The second-order valence-corrected chi connectivity index (χ2v) is 8.16. The van der Waals surface area contributed by atoms with Crippen molar-refractivity contribution in [2.75, 3.05) is 31.1 Å². The van der Waals surface area contributed by atoms with E-state index in [1.807, 2.05) is 42.2 Å². The molecule has 33 heavy (non-hydrogen) atoms. The monoisotopic (exact) mass is 463 g/mol. The fraction of sp³-hybridized carbons (Fsp3) is 0.261. The highest BCUT2D eigenvalue weighted by molar-refractivity contribution is 6.33. The van der Waals surface area contributed by atoms with Crippen molar-refractivity contribution in [1.29, 1.82) is 0 Å². The normalized spacial score (nSPS) is 14.1. The summed E-state index contributed by atoms with van der Waals surface area (Å²) >= 11 is 6.44. The van der Waals surface area contributed by atoms with Gasteiger partial charge in [0.2, 0.25) is 0 Å². The van der Waals surface area contributed by atoms with Crippen molar-refractivity contribution in [3.05, 3.63) is 75.7 Å². The Bertz CT molecular complexity index is 1370. The van der Waals surface area contributed by atoms with Gasteiger partial charge in [-0.3, -0.25) is 9.59 Å². The molecule has 1 aliphatic rings. The second kappa shape index (κ2) is 8.67. The van der Waals surface area contributed by atoms with Crippen molar-refractivity contribution in [2.24, 2.45) is 0 Å². The summed E-state index contributed by atoms with van der Waals surface area (Å²) < 4.78 is 3.09. The first-order valence-electron chi connectivity index (χ1n) is 10.8. The fourth-order valence-electron chi connectivity index (χ4n) is 4.07. The SMILES string of the molecule is CCn1nnc2cc(C(=O)N3CCN(c4cnn(-c5ccccc5)c(=O)c4Cl)CC3)ccc21. The van der Waals surface area contributed by atoms with E-state index in [0.717, 1.165) is 12.1 Å². The van der Waals surface area contributed by atoms with Crippen LogP contribution in [0, 0.1) is 0 Å². The maximum Gasteiger partial charge on any atom is 0.292 e. The number of hydrogen-bond acceptors (Lipinski definition) is 6. The van der Waals surface area contributed by atoms with Gasteiger partial charge in [-0.2, -0.15) is 9.78 Å². The van der Waals surface area contributed by atoms with Gasteiger partial charge >= 0.3 is 0 Å². The van der Waals surface area contributed by atoms with Gasteiger partial charge in [0.15, 0.2) is 0 Å². The van der Waals surface area contributed by atoms with Crippen molar-refractivity contribution >= 4 is 34.2 Å². The van der Waals surface area contributed by atoms with Crippen molar-refractivity contribution < 1.29 is 4.79 Å². The molecule has 9 nitrogen and oxygen atoms in total. The number of aromatic nitrogens is 5. The van der Waals surface area contributed by atoms with Gasteiger partial charge in [0.25, 0.3) is 11.5 Å². The molecule has 1 fully saturated rings. The zero-order chi connectivity index (χ0) is 22.9. The first-order valence-corrected chi connectivity index (χ1v) is 11.2. The first kappa shape index (κ1) is 21.1. The van der Waals surface area contributed by atoms with Crippen LogP contribution >= 0.6 is 11.6 Å². The quantitative estimate of drug-likeness (QED) is 0.462. The maximum absolute atomic E-state index is 13.0. The summed E-state index contributed by atoms with van der Waals surface area (Å²) in [6.07, 6.45) is 1.61. The summed E-state index contributed by atoms with van der Waals surface area (Å²) in [7, 11) is 0. The molecule has 2 aromatic carbocycles. The molecule has 3 heterocycles. The van der Waals surface area contributed by atoms with E-state index in [9.17, 15) is 9.59 Å². The van der Waals surface area contributed by atoms with Crippen LogP contribution < -0.4 is 10.5 Å².